The van der Waals surface area contributed by atoms with Crippen LogP contribution >= 0.6 is 11.8 Å². The van der Waals surface area contributed by atoms with Crippen LogP contribution in [0.3, 0.4) is 0 Å². The minimum atomic E-state index is 0.535. The van der Waals surface area contributed by atoms with Crippen LogP contribution < -0.4 is 5.32 Å². The standard InChI is InChI=1S/C16H28N2S/c1-5-9-17-16(12-19-13(3)4)10-15-8-7-14(6-2)11-18-15/h7-8,11,13,16-17H,5-6,9-10,12H2,1-4H3. The molecule has 0 saturated heterocycles. The van der Waals surface area contributed by atoms with Gasteiger partial charge in [-0.1, -0.05) is 33.8 Å². The molecule has 0 radical (unpaired) electrons. The first-order chi connectivity index (χ1) is 9.15. The fourth-order valence-corrected chi connectivity index (χ4v) is 2.74. The van der Waals surface area contributed by atoms with Gasteiger partial charge in [-0.15, -0.1) is 0 Å². The Morgan fingerprint density at radius 1 is 1.26 bits per heavy atom. The Morgan fingerprint density at radius 2 is 2.05 bits per heavy atom. The van der Waals surface area contributed by atoms with E-state index in [1.807, 2.05) is 18.0 Å². The van der Waals surface area contributed by atoms with E-state index < -0.39 is 0 Å². The fraction of sp³-hybridized carbons (Fsp3) is 0.688. The highest BCUT2D eigenvalue weighted by atomic mass is 32.2. The Labute approximate surface area is 122 Å². The molecule has 0 fully saturated rings. The van der Waals surface area contributed by atoms with Gasteiger partial charge in [-0.05, 0) is 36.3 Å². The lowest BCUT2D eigenvalue weighted by Gasteiger charge is -2.19. The van der Waals surface area contributed by atoms with Crippen molar-refractivity contribution in [3.63, 3.8) is 0 Å². The quantitative estimate of drug-likeness (QED) is 0.746. The summed E-state index contributed by atoms with van der Waals surface area (Å²) in [6, 6.07) is 4.92. The van der Waals surface area contributed by atoms with Gasteiger partial charge in [0.15, 0.2) is 0 Å². The molecule has 1 unspecified atom stereocenters. The molecule has 0 aliphatic carbocycles. The van der Waals surface area contributed by atoms with Crippen LogP contribution in [0.2, 0.25) is 0 Å². The van der Waals surface area contributed by atoms with Gasteiger partial charge in [-0.3, -0.25) is 4.98 Å². The van der Waals surface area contributed by atoms with E-state index in [1.54, 1.807) is 0 Å². The number of hydrogen-bond acceptors (Lipinski definition) is 3. The molecule has 0 bridgehead atoms. The fourth-order valence-electron chi connectivity index (χ4n) is 1.88. The molecule has 2 nitrogen and oxygen atoms in total. The van der Waals surface area contributed by atoms with Gasteiger partial charge in [0.1, 0.15) is 0 Å². The zero-order chi connectivity index (χ0) is 14.1. The van der Waals surface area contributed by atoms with Crippen molar-refractivity contribution in [1.82, 2.24) is 10.3 Å². The van der Waals surface area contributed by atoms with E-state index in [1.165, 1.54) is 17.7 Å². The Bertz CT molecular complexity index is 335. The van der Waals surface area contributed by atoms with Crippen LogP contribution in [0.4, 0.5) is 0 Å². The minimum Gasteiger partial charge on any atom is -0.313 e. The topological polar surface area (TPSA) is 24.9 Å². The molecule has 1 aromatic rings. The zero-order valence-electron chi connectivity index (χ0n) is 12.8. The van der Waals surface area contributed by atoms with Gasteiger partial charge in [-0.25, -0.2) is 0 Å². The van der Waals surface area contributed by atoms with Gasteiger partial charge in [0.2, 0.25) is 0 Å². The maximum absolute atomic E-state index is 4.58. The molecule has 3 heteroatoms. The second-order valence-electron chi connectivity index (χ2n) is 5.25. The Hall–Kier alpha value is -0.540. The second-order valence-corrected chi connectivity index (χ2v) is 6.86. The molecule has 0 aromatic carbocycles. The third kappa shape index (κ3) is 6.98. The van der Waals surface area contributed by atoms with E-state index in [4.69, 9.17) is 0 Å². The molecular weight excluding hydrogens is 252 g/mol. The van der Waals surface area contributed by atoms with Gasteiger partial charge in [0.25, 0.3) is 0 Å². The van der Waals surface area contributed by atoms with Gasteiger partial charge in [-0.2, -0.15) is 11.8 Å². The lowest BCUT2D eigenvalue weighted by molar-refractivity contribution is 0.544. The molecule has 1 aromatic heterocycles. The molecule has 108 valence electrons. The lowest BCUT2D eigenvalue weighted by Crippen LogP contribution is -2.34. The molecule has 0 amide bonds. The molecule has 1 N–H and O–H groups in total. The maximum Gasteiger partial charge on any atom is 0.0419 e. The molecule has 0 saturated carbocycles. The summed E-state index contributed by atoms with van der Waals surface area (Å²) in [7, 11) is 0. The average Bonchev–Trinajstić information content (AvgIpc) is 2.42. The summed E-state index contributed by atoms with van der Waals surface area (Å²) in [6.45, 7) is 10.00. The van der Waals surface area contributed by atoms with E-state index in [-0.39, 0.29) is 0 Å². The predicted molar refractivity (Wildman–Crippen MR) is 87.0 cm³/mol. The van der Waals surface area contributed by atoms with Gasteiger partial charge in [0, 0.05) is 30.1 Å². The largest absolute Gasteiger partial charge is 0.313 e. The van der Waals surface area contributed by atoms with Crippen LogP contribution in [0.5, 0.6) is 0 Å². The van der Waals surface area contributed by atoms with Gasteiger partial charge < -0.3 is 5.32 Å². The number of hydrogen-bond donors (Lipinski definition) is 1. The van der Waals surface area contributed by atoms with E-state index in [0.29, 0.717) is 11.3 Å². The van der Waals surface area contributed by atoms with Crippen LogP contribution in [0.1, 0.15) is 45.4 Å². The van der Waals surface area contributed by atoms with E-state index in [0.717, 1.165) is 25.1 Å². The molecule has 0 aliphatic heterocycles. The molecular formula is C16H28N2S. The summed E-state index contributed by atoms with van der Waals surface area (Å²) in [6.07, 6.45) is 5.30. The SMILES string of the molecule is CCCNC(CSC(C)C)Cc1ccc(CC)cn1. The van der Waals surface area contributed by atoms with E-state index in [9.17, 15) is 0 Å². The van der Waals surface area contributed by atoms with E-state index in [2.05, 4.69) is 50.1 Å². The number of aromatic nitrogens is 1. The molecule has 0 spiro atoms. The number of thioether (sulfide) groups is 1. The Morgan fingerprint density at radius 3 is 2.58 bits per heavy atom. The summed E-state index contributed by atoms with van der Waals surface area (Å²) in [4.78, 5) is 4.58. The zero-order valence-corrected chi connectivity index (χ0v) is 13.6. The van der Waals surface area contributed by atoms with E-state index >= 15 is 0 Å². The third-order valence-electron chi connectivity index (χ3n) is 3.06. The molecule has 1 atom stereocenters. The maximum atomic E-state index is 4.58. The smallest absolute Gasteiger partial charge is 0.0419 e. The van der Waals surface area contributed by atoms with Crippen molar-refractivity contribution in [3.8, 4) is 0 Å². The molecule has 19 heavy (non-hydrogen) atoms. The van der Waals surface area contributed by atoms with Crippen molar-refractivity contribution < 1.29 is 0 Å². The number of rotatable bonds is 9. The van der Waals surface area contributed by atoms with Gasteiger partial charge in [0.05, 0.1) is 0 Å². The van der Waals surface area contributed by atoms with Crippen LogP contribution in [0.25, 0.3) is 0 Å². The van der Waals surface area contributed by atoms with Crippen molar-refractivity contribution >= 4 is 11.8 Å². The number of nitrogens with one attached hydrogen (secondary N) is 1. The highest BCUT2D eigenvalue weighted by molar-refractivity contribution is 7.99. The van der Waals surface area contributed by atoms with Crippen molar-refractivity contribution in [1.29, 1.82) is 0 Å². The molecule has 1 rings (SSSR count). The van der Waals surface area contributed by atoms with Gasteiger partial charge >= 0.3 is 0 Å². The van der Waals surface area contributed by atoms with Crippen LogP contribution in [0, 0.1) is 0 Å². The highest BCUT2D eigenvalue weighted by Gasteiger charge is 2.11. The van der Waals surface area contributed by atoms with Crippen molar-refractivity contribution in [3.05, 3.63) is 29.6 Å². The lowest BCUT2D eigenvalue weighted by atomic mass is 10.1. The monoisotopic (exact) mass is 280 g/mol. The molecule has 0 aliphatic rings. The van der Waals surface area contributed by atoms with Crippen LogP contribution in [0.15, 0.2) is 18.3 Å². The van der Waals surface area contributed by atoms with Crippen molar-refractivity contribution in [2.45, 2.75) is 58.2 Å². The highest BCUT2D eigenvalue weighted by Crippen LogP contribution is 2.13. The first kappa shape index (κ1) is 16.5. The summed E-state index contributed by atoms with van der Waals surface area (Å²) in [5.41, 5.74) is 2.52. The average molecular weight is 280 g/mol. The predicted octanol–water partition coefficient (Wildman–Crippen LogP) is 3.70. The first-order valence-corrected chi connectivity index (χ1v) is 8.49. The van der Waals surface area contributed by atoms with Crippen molar-refractivity contribution in [2.24, 2.45) is 0 Å². The Kier molecular flexibility index (Phi) is 8.15. The molecule has 1 heterocycles. The summed E-state index contributed by atoms with van der Waals surface area (Å²) in [5.74, 6) is 1.16. The number of aryl methyl sites for hydroxylation is 1. The summed E-state index contributed by atoms with van der Waals surface area (Å²) in [5, 5.41) is 4.34. The van der Waals surface area contributed by atoms with Crippen molar-refractivity contribution in [2.75, 3.05) is 12.3 Å². The minimum absolute atomic E-state index is 0.535. The van der Waals surface area contributed by atoms with Crippen LogP contribution in [-0.2, 0) is 12.8 Å². The first-order valence-electron chi connectivity index (χ1n) is 7.44. The number of pyridine rings is 1. The summed E-state index contributed by atoms with van der Waals surface area (Å²) >= 11 is 2.03. The third-order valence-corrected chi connectivity index (χ3v) is 4.33. The Balaban J connectivity index is 2.53. The summed E-state index contributed by atoms with van der Waals surface area (Å²) < 4.78 is 0. The number of nitrogens with zero attached hydrogens (tertiary/aromatic N) is 1. The van der Waals surface area contributed by atoms with Crippen LogP contribution in [-0.4, -0.2) is 28.6 Å². The second kappa shape index (κ2) is 9.38. The normalized spacial score (nSPS) is 12.9.